The van der Waals surface area contributed by atoms with Crippen molar-refractivity contribution in [2.45, 2.75) is 31.3 Å². The fraction of sp³-hybridized carbons (Fsp3) is 0.750. The highest BCUT2D eigenvalue weighted by Crippen LogP contribution is 2.45. The van der Waals surface area contributed by atoms with E-state index in [-0.39, 0.29) is 29.9 Å². The zero-order chi connectivity index (χ0) is 9.42. The summed E-state index contributed by atoms with van der Waals surface area (Å²) in [6, 6.07) is 0. The lowest BCUT2D eigenvalue weighted by molar-refractivity contribution is -0.152. The van der Waals surface area contributed by atoms with Crippen LogP contribution in [0.4, 0.5) is 0 Å². The Morgan fingerprint density at radius 2 is 2.54 bits per heavy atom. The third kappa shape index (κ3) is 1.22. The molecule has 2 rings (SSSR count). The van der Waals surface area contributed by atoms with E-state index in [1.54, 1.807) is 6.92 Å². The second-order valence-electron chi connectivity index (χ2n) is 3.49. The quantitative estimate of drug-likeness (QED) is 0.349. The molecule has 0 aliphatic carbocycles. The van der Waals surface area contributed by atoms with Crippen LogP contribution in [0.3, 0.4) is 0 Å². The van der Waals surface area contributed by atoms with Gasteiger partial charge in [-0.25, -0.2) is 0 Å². The zero-order valence-corrected chi connectivity index (χ0v) is 7.30. The Labute approximate surface area is 76.8 Å². The van der Waals surface area contributed by atoms with Crippen molar-refractivity contribution in [1.29, 1.82) is 0 Å². The molecule has 2 aliphatic heterocycles. The molecule has 13 heavy (non-hydrogen) atoms. The van der Waals surface area contributed by atoms with E-state index in [2.05, 4.69) is 0 Å². The van der Waals surface area contributed by atoms with Crippen LogP contribution >= 0.6 is 0 Å². The maximum Gasteiger partial charge on any atom is 0.308 e. The molecule has 0 spiro atoms. The molecule has 0 amide bonds. The van der Waals surface area contributed by atoms with Crippen LogP contribution in [0.15, 0.2) is 0 Å². The van der Waals surface area contributed by atoms with Crippen LogP contribution in [-0.2, 0) is 19.1 Å². The lowest BCUT2D eigenvalue weighted by Gasteiger charge is -2.30. The Morgan fingerprint density at radius 3 is 3.00 bits per heavy atom. The summed E-state index contributed by atoms with van der Waals surface area (Å²) in [5.41, 5.74) is 0. The van der Waals surface area contributed by atoms with Gasteiger partial charge in [0.25, 0.3) is 6.47 Å². The largest absolute Gasteiger partial charge is 0.461 e. The number of hydrogen-bond donors (Lipinski definition) is 0. The normalized spacial score (nSPS) is 37.9. The standard InChI is InChI=1S/C8H10BO4/c1-4(12-3-10)7-6-5(2-9-6)8(11)13-7/h3-7H,2H2,1H3. The van der Waals surface area contributed by atoms with E-state index in [9.17, 15) is 9.59 Å². The number of hydrogen-bond acceptors (Lipinski definition) is 4. The molecular weight excluding hydrogens is 171 g/mol. The summed E-state index contributed by atoms with van der Waals surface area (Å²) in [7, 11) is 2.05. The lowest BCUT2D eigenvalue weighted by atomic mass is 9.41. The van der Waals surface area contributed by atoms with Gasteiger partial charge in [0.05, 0.1) is 0 Å². The first kappa shape index (κ1) is 8.60. The molecule has 1 radical (unpaired) electrons. The highest BCUT2D eigenvalue weighted by molar-refractivity contribution is 6.44. The molecule has 4 unspecified atom stereocenters. The minimum Gasteiger partial charge on any atom is -0.461 e. The van der Waals surface area contributed by atoms with Crippen LogP contribution in [-0.4, -0.2) is 31.9 Å². The van der Waals surface area contributed by atoms with Crippen molar-refractivity contribution in [2.24, 2.45) is 5.92 Å². The fourth-order valence-electron chi connectivity index (χ4n) is 1.92. The van der Waals surface area contributed by atoms with E-state index in [0.717, 1.165) is 6.32 Å². The van der Waals surface area contributed by atoms with Gasteiger partial charge in [-0.05, 0) is 12.7 Å². The molecule has 69 valence electrons. The summed E-state index contributed by atoms with van der Waals surface area (Å²) < 4.78 is 9.86. The first-order valence-corrected chi connectivity index (χ1v) is 4.37. The van der Waals surface area contributed by atoms with E-state index in [4.69, 9.17) is 9.47 Å². The van der Waals surface area contributed by atoms with Gasteiger partial charge >= 0.3 is 5.97 Å². The average molecular weight is 181 g/mol. The van der Waals surface area contributed by atoms with E-state index in [0.29, 0.717) is 6.47 Å². The van der Waals surface area contributed by atoms with Gasteiger partial charge in [0, 0.05) is 5.92 Å². The van der Waals surface area contributed by atoms with Crippen LogP contribution in [0, 0.1) is 5.92 Å². The Morgan fingerprint density at radius 1 is 1.77 bits per heavy atom. The Bertz CT molecular complexity index is 242. The second-order valence-corrected chi connectivity index (χ2v) is 3.49. The molecule has 0 aromatic carbocycles. The topological polar surface area (TPSA) is 52.6 Å². The molecule has 0 bridgehead atoms. The van der Waals surface area contributed by atoms with Crippen molar-refractivity contribution >= 4 is 19.7 Å². The van der Waals surface area contributed by atoms with Crippen LogP contribution in [0.1, 0.15) is 6.92 Å². The molecule has 0 saturated carbocycles. The van der Waals surface area contributed by atoms with Gasteiger partial charge in [0.1, 0.15) is 19.5 Å². The maximum absolute atomic E-state index is 11.2. The van der Waals surface area contributed by atoms with Crippen molar-refractivity contribution in [3.8, 4) is 0 Å². The first-order valence-electron chi connectivity index (χ1n) is 4.37. The molecule has 0 aromatic rings. The van der Waals surface area contributed by atoms with Crippen molar-refractivity contribution in [3.63, 3.8) is 0 Å². The maximum atomic E-state index is 11.2. The number of esters is 1. The van der Waals surface area contributed by atoms with Gasteiger partial charge in [-0.1, -0.05) is 6.32 Å². The molecule has 4 nitrogen and oxygen atoms in total. The van der Waals surface area contributed by atoms with Crippen molar-refractivity contribution in [1.82, 2.24) is 0 Å². The van der Waals surface area contributed by atoms with Crippen LogP contribution in [0.5, 0.6) is 0 Å². The van der Waals surface area contributed by atoms with Gasteiger partial charge in [-0.3, -0.25) is 9.59 Å². The minimum absolute atomic E-state index is 0.0164. The van der Waals surface area contributed by atoms with Crippen LogP contribution in [0.25, 0.3) is 0 Å². The minimum atomic E-state index is -0.340. The number of fused-ring (bicyclic) bond motifs is 1. The smallest absolute Gasteiger partial charge is 0.308 e. The van der Waals surface area contributed by atoms with E-state index >= 15 is 0 Å². The summed E-state index contributed by atoms with van der Waals surface area (Å²) in [6.45, 7) is 2.13. The first-order chi connectivity index (χ1) is 6.24. The monoisotopic (exact) mass is 181 g/mol. The Balaban J connectivity index is 2.00. The van der Waals surface area contributed by atoms with Crippen LogP contribution in [0.2, 0.25) is 12.1 Å². The van der Waals surface area contributed by atoms with Gasteiger partial charge in [0.2, 0.25) is 0 Å². The predicted molar refractivity (Wildman–Crippen MR) is 44.3 cm³/mol. The molecule has 2 saturated heterocycles. The van der Waals surface area contributed by atoms with Gasteiger partial charge < -0.3 is 9.47 Å². The third-order valence-electron chi connectivity index (χ3n) is 2.79. The van der Waals surface area contributed by atoms with Crippen molar-refractivity contribution < 1.29 is 19.1 Å². The fourth-order valence-corrected chi connectivity index (χ4v) is 1.92. The Hall–Kier alpha value is -0.995. The summed E-state index contributed by atoms with van der Waals surface area (Å²) in [4.78, 5) is 21.3. The number of carbonyl (C=O) groups is 2. The highest BCUT2D eigenvalue weighted by atomic mass is 16.6. The van der Waals surface area contributed by atoms with E-state index in [1.807, 2.05) is 7.28 Å². The molecule has 5 heteroatoms. The van der Waals surface area contributed by atoms with Gasteiger partial charge in [0.15, 0.2) is 0 Å². The molecule has 0 N–H and O–H groups in total. The summed E-state index contributed by atoms with van der Waals surface area (Å²) >= 11 is 0. The molecule has 2 fully saturated rings. The van der Waals surface area contributed by atoms with Gasteiger partial charge in [-0.15, -0.1) is 0 Å². The van der Waals surface area contributed by atoms with Gasteiger partial charge in [-0.2, -0.15) is 0 Å². The summed E-state index contributed by atoms with van der Waals surface area (Å²) in [5, 5.41) is 0. The van der Waals surface area contributed by atoms with Crippen molar-refractivity contribution in [3.05, 3.63) is 0 Å². The number of cyclic esters (lactones) is 1. The second kappa shape index (κ2) is 3.05. The number of carbonyl (C=O) groups excluding carboxylic acids is 2. The summed E-state index contributed by atoms with van der Waals surface area (Å²) in [5.74, 6) is 0.0176. The molecule has 0 aromatic heterocycles. The van der Waals surface area contributed by atoms with Crippen LogP contribution < -0.4 is 0 Å². The Kier molecular flexibility index (Phi) is 2.02. The van der Waals surface area contributed by atoms with Crippen molar-refractivity contribution in [2.75, 3.05) is 0 Å². The zero-order valence-electron chi connectivity index (χ0n) is 7.30. The molecular formula is C8H10BO4. The molecule has 2 heterocycles. The summed E-state index contributed by atoms with van der Waals surface area (Å²) in [6.07, 6.45) is 0.192. The van der Waals surface area contributed by atoms with E-state index < -0.39 is 0 Å². The van der Waals surface area contributed by atoms with E-state index in [1.165, 1.54) is 0 Å². The number of ether oxygens (including phenoxy) is 2. The highest BCUT2D eigenvalue weighted by Gasteiger charge is 2.52. The predicted octanol–water partition coefficient (Wildman–Crippen LogP) is 0.0141. The third-order valence-corrected chi connectivity index (χ3v) is 2.79. The molecule has 2 aliphatic rings. The SMILES string of the molecule is CC(OC=O)C1OC(=O)C2C[B]C21. The molecule has 4 atom stereocenters. The average Bonchev–Trinajstić information content (AvgIpc) is 2.21. The lowest BCUT2D eigenvalue weighted by Crippen LogP contribution is -2.37. The number of rotatable bonds is 3.